The van der Waals surface area contributed by atoms with Crippen molar-refractivity contribution in [2.45, 2.75) is 31.7 Å². The van der Waals surface area contributed by atoms with Gasteiger partial charge in [-0.25, -0.2) is 0 Å². The molecule has 0 spiro atoms. The van der Waals surface area contributed by atoms with E-state index in [4.69, 9.17) is 8.94 Å². The second kappa shape index (κ2) is 9.41. The van der Waals surface area contributed by atoms with Crippen molar-refractivity contribution in [2.24, 2.45) is 0 Å². The average Bonchev–Trinajstić information content (AvgIpc) is 3.37. The second-order valence-electron chi connectivity index (χ2n) is 7.27. The Bertz CT molecular complexity index is 913. The number of aromatic nitrogens is 1. The zero-order chi connectivity index (χ0) is 20.1. The maximum Gasteiger partial charge on any atom is 0.273 e. The highest BCUT2D eigenvalue weighted by atomic mass is 79.9. The Balaban J connectivity index is 1.43. The normalized spacial score (nSPS) is 16.3. The van der Waals surface area contributed by atoms with E-state index in [1.54, 1.807) is 12.3 Å². The van der Waals surface area contributed by atoms with Crippen LogP contribution in [0.5, 0.6) is 0 Å². The highest BCUT2D eigenvalue weighted by molar-refractivity contribution is 9.10. The van der Waals surface area contributed by atoms with Crippen molar-refractivity contribution >= 4 is 21.8 Å². The molecule has 1 unspecified atom stereocenters. The summed E-state index contributed by atoms with van der Waals surface area (Å²) in [5.74, 6) is 1.20. The molecule has 1 amide bonds. The molecule has 0 radical (unpaired) electrons. The Morgan fingerprint density at radius 2 is 1.90 bits per heavy atom. The lowest BCUT2D eigenvalue weighted by molar-refractivity contribution is 0.0918. The molecule has 3 aromatic rings. The minimum absolute atomic E-state index is 0.0184. The lowest BCUT2D eigenvalue weighted by Crippen LogP contribution is -2.38. The third kappa shape index (κ3) is 4.97. The van der Waals surface area contributed by atoms with Gasteiger partial charge in [-0.2, -0.15) is 0 Å². The molecule has 152 valence electrons. The molecule has 0 saturated carbocycles. The number of hydrogen-bond acceptors (Lipinski definition) is 5. The Morgan fingerprint density at radius 3 is 2.59 bits per heavy atom. The van der Waals surface area contributed by atoms with Crippen LogP contribution in [0.4, 0.5) is 0 Å². The zero-order valence-corrected chi connectivity index (χ0v) is 17.7. The molecule has 4 rings (SSSR count). The van der Waals surface area contributed by atoms with Gasteiger partial charge in [0.15, 0.2) is 11.5 Å². The number of nitrogens with zero attached hydrogens (tertiary/aromatic N) is 2. The van der Waals surface area contributed by atoms with Crippen molar-refractivity contribution in [2.75, 3.05) is 19.6 Å². The summed E-state index contributed by atoms with van der Waals surface area (Å²) in [7, 11) is 0. The maximum atomic E-state index is 12.7. The van der Waals surface area contributed by atoms with Gasteiger partial charge in [0, 0.05) is 22.6 Å². The Morgan fingerprint density at radius 1 is 1.14 bits per heavy atom. The first kappa shape index (κ1) is 19.9. The number of amides is 1. The van der Waals surface area contributed by atoms with Gasteiger partial charge in [-0.15, -0.1) is 0 Å². The van der Waals surface area contributed by atoms with Crippen LogP contribution in [-0.2, 0) is 0 Å². The molecule has 1 atom stereocenters. The molecule has 0 aliphatic carbocycles. The molecular weight excluding hydrogens is 434 g/mol. The molecule has 29 heavy (non-hydrogen) atoms. The third-order valence-electron chi connectivity index (χ3n) is 5.28. The van der Waals surface area contributed by atoms with E-state index in [1.807, 2.05) is 36.4 Å². The number of likely N-dealkylation sites (tertiary alicyclic amines) is 1. The fourth-order valence-electron chi connectivity index (χ4n) is 3.71. The maximum absolute atomic E-state index is 12.7. The van der Waals surface area contributed by atoms with E-state index in [0.29, 0.717) is 12.3 Å². The Labute approximate surface area is 178 Å². The molecule has 7 heteroatoms. The highest BCUT2D eigenvalue weighted by Crippen LogP contribution is 2.25. The van der Waals surface area contributed by atoms with E-state index in [0.717, 1.165) is 28.9 Å². The van der Waals surface area contributed by atoms with Gasteiger partial charge in [-0.1, -0.05) is 46.1 Å². The molecule has 1 N–H and O–H groups in total. The topological polar surface area (TPSA) is 71.5 Å². The Kier molecular flexibility index (Phi) is 6.46. The van der Waals surface area contributed by atoms with Crippen molar-refractivity contribution < 1.29 is 13.7 Å². The number of furan rings is 1. The summed E-state index contributed by atoms with van der Waals surface area (Å²) in [5.41, 5.74) is 1.15. The summed E-state index contributed by atoms with van der Waals surface area (Å²) < 4.78 is 12.0. The van der Waals surface area contributed by atoms with E-state index in [1.165, 1.54) is 25.7 Å². The van der Waals surface area contributed by atoms with Crippen LogP contribution in [0, 0.1) is 0 Å². The van der Waals surface area contributed by atoms with Gasteiger partial charge in [0.05, 0.1) is 12.3 Å². The van der Waals surface area contributed by atoms with Gasteiger partial charge in [0.2, 0.25) is 0 Å². The first-order valence-electron chi connectivity index (χ1n) is 9.99. The number of carbonyl (C=O) groups is 1. The number of nitrogens with one attached hydrogen (secondary N) is 1. The first-order chi connectivity index (χ1) is 14.2. The van der Waals surface area contributed by atoms with Gasteiger partial charge in [0.1, 0.15) is 5.76 Å². The molecule has 1 aromatic carbocycles. The number of carbonyl (C=O) groups excluding carboxylic acids is 1. The molecular formula is C22H24BrN3O3. The zero-order valence-electron chi connectivity index (χ0n) is 16.1. The minimum atomic E-state index is -0.247. The summed E-state index contributed by atoms with van der Waals surface area (Å²) >= 11 is 3.41. The fourth-order valence-corrected chi connectivity index (χ4v) is 3.97. The predicted molar refractivity (Wildman–Crippen MR) is 113 cm³/mol. The molecule has 6 nitrogen and oxygen atoms in total. The van der Waals surface area contributed by atoms with Crippen molar-refractivity contribution in [1.82, 2.24) is 15.4 Å². The van der Waals surface area contributed by atoms with Crippen molar-refractivity contribution in [3.8, 4) is 11.3 Å². The van der Waals surface area contributed by atoms with E-state index in [2.05, 4.69) is 31.3 Å². The van der Waals surface area contributed by atoms with Gasteiger partial charge in [-0.05, 0) is 50.2 Å². The summed E-state index contributed by atoms with van der Waals surface area (Å²) in [4.78, 5) is 15.1. The summed E-state index contributed by atoms with van der Waals surface area (Å²) in [6, 6.07) is 13.2. The fraction of sp³-hybridized carbons (Fsp3) is 0.364. The SMILES string of the molecule is O=C(NCC(c1ccco1)N1CCCCCC1)c1cc(-c2ccc(Br)cc2)on1. The molecule has 2 aromatic heterocycles. The average molecular weight is 458 g/mol. The number of rotatable bonds is 6. The monoisotopic (exact) mass is 457 g/mol. The van der Waals surface area contributed by atoms with Crippen LogP contribution in [0.2, 0.25) is 0 Å². The molecule has 0 bridgehead atoms. The van der Waals surface area contributed by atoms with Gasteiger partial charge >= 0.3 is 0 Å². The smallest absolute Gasteiger partial charge is 0.273 e. The largest absolute Gasteiger partial charge is 0.468 e. The van der Waals surface area contributed by atoms with Crippen LogP contribution in [-0.4, -0.2) is 35.6 Å². The van der Waals surface area contributed by atoms with E-state index < -0.39 is 0 Å². The minimum Gasteiger partial charge on any atom is -0.468 e. The van der Waals surface area contributed by atoms with E-state index in [9.17, 15) is 4.79 Å². The van der Waals surface area contributed by atoms with Crippen LogP contribution in [0.15, 0.2) is 62.1 Å². The Hall–Kier alpha value is -2.38. The quantitative estimate of drug-likeness (QED) is 0.560. The lowest BCUT2D eigenvalue weighted by Gasteiger charge is -2.29. The van der Waals surface area contributed by atoms with Crippen LogP contribution in [0.3, 0.4) is 0 Å². The van der Waals surface area contributed by atoms with Crippen LogP contribution in [0.1, 0.15) is 48.0 Å². The molecule has 1 saturated heterocycles. The standard InChI is InChI=1S/C22H24BrN3O3/c23-17-9-7-16(8-10-17)21-14-18(25-29-21)22(27)24-15-19(20-6-5-13-28-20)26-11-3-1-2-4-12-26/h5-10,13-14,19H,1-4,11-12,15H2,(H,24,27). The second-order valence-corrected chi connectivity index (χ2v) is 8.19. The first-order valence-corrected chi connectivity index (χ1v) is 10.8. The molecule has 1 fully saturated rings. The number of halogens is 1. The lowest BCUT2D eigenvalue weighted by atomic mass is 10.1. The van der Waals surface area contributed by atoms with Crippen molar-refractivity contribution in [3.05, 3.63) is 64.7 Å². The summed E-state index contributed by atoms with van der Waals surface area (Å²) in [5, 5.41) is 6.96. The van der Waals surface area contributed by atoms with Gasteiger partial charge in [0.25, 0.3) is 5.91 Å². The van der Waals surface area contributed by atoms with E-state index in [-0.39, 0.29) is 17.6 Å². The molecule has 1 aliphatic rings. The predicted octanol–water partition coefficient (Wildman–Crippen LogP) is 5.04. The van der Waals surface area contributed by atoms with Crippen molar-refractivity contribution in [1.29, 1.82) is 0 Å². The van der Waals surface area contributed by atoms with Crippen molar-refractivity contribution in [3.63, 3.8) is 0 Å². The summed E-state index contributed by atoms with van der Waals surface area (Å²) in [6.45, 7) is 2.49. The number of benzene rings is 1. The van der Waals surface area contributed by atoms with Crippen LogP contribution >= 0.6 is 15.9 Å². The van der Waals surface area contributed by atoms with Gasteiger partial charge in [-0.3, -0.25) is 9.69 Å². The third-order valence-corrected chi connectivity index (χ3v) is 5.81. The molecule has 1 aliphatic heterocycles. The molecule has 3 heterocycles. The summed E-state index contributed by atoms with van der Waals surface area (Å²) in [6.07, 6.45) is 6.54. The van der Waals surface area contributed by atoms with Gasteiger partial charge < -0.3 is 14.3 Å². The van der Waals surface area contributed by atoms with Crippen LogP contribution in [0.25, 0.3) is 11.3 Å². The van der Waals surface area contributed by atoms with E-state index >= 15 is 0 Å². The number of hydrogen-bond donors (Lipinski definition) is 1. The van der Waals surface area contributed by atoms with Crippen LogP contribution < -0.4 is 5.32 Å². The highest BCUT2D eigenvalue weighted by Gasteiger charge is 2.25.